The SMILES string of the molecule is Nc1nc2c(-c3cnn(CC(F)(F)F)c3)cc(-n3nnc4ccccc43)cn2n1. The highest BCUT2D eigenvalue weighted by atomic mass is 19.4. The second-order valence-electron chi connectivity index (χ2n) is 6.38. The number of para-hydroxylation sites is 1. The molecule has 4 heterocycles. The molecule has 0 bridgehead atoms. The van der Waals surface area contributed by atoms with Crippen molar-refractivity contribution in [1.29, 1.82) is 0 Å². The summed E-state index contributed by atoms with van der Waals surface area (Å²) in [5.41, 5.74) is 9.14. The first-order chi connectivity index (χ1) is 13.9. The van der Waals surface area contributed by atoms with Gasteiger partial charge in [0.05, 0.1) is 23.6 Å². The van der Waals surface area contributed by atoms with Crippen molar-refractivity contribution in [1.82, 2.24) is 39.4 Å². The minimum Gasteiger partial charge on any atom is -0.366 e. The minimum atomic E-state index is -4.38. The number of pyridine rings is 1. The molecule has 0 atom stereocenters. The molecule has 4 aromatic heterocycles. The molecular weight excluding hydrogens is 387 g/mol. The number of hydrogen-bond donors (Lipinski definition) is 1. The van der Waals surface area contributed by atoms with Crippen molar-refractivity contribution >= 4 is 22.6 Å². The summed E-state index contributed by atoms with van der Waals surface area (Å²) in [5, 5.41) is 16.2. The fourth-order valence-electron chi connectivity index (χ4n) is 3.15. The third kappa shape index (κ3) is 3.03. The molecule has 0 aliphatic rings. The Kier molecular flexibility index (Phi) is 3.56. The Bertz CT molecular complexity index is 1350. The van der Waals surface area contributed by atoms with E-state index in [0.29, 0.717) is 28.0 Å². The van der Waals surface area contributed by atoms with Gasteiger partial charge < -0.3 is 5.73 Å². The second kappa shape index (κ2) is 6.02. The maximum absolute atomic E-state index is 12.7. The van der Waals surface area contributed by atoms with Crippen molar-refractivity contribution < 1.29 is 13.2 Å². The first kappa shape index (κ1) is 17.2. The van der Waals surface area contributed by atoms with Crippen LogP contribution in [0, 0.1) is 0 Å². The lowest BCUT2D eigenvalue weighted by Gasteiger charge is -2.07. The molecule has 5 rings (SSSR count). The summed E-state index contributed by atoms with van der Waals surface area (Å²) in [6.07, 6.45) is -0.0606. The Morgan fingerprint density at radius 2 is 1.93 bits per heavy atom. The molecule has 0 spiro atoms. The van der Waals surface area contributed by atoms with E-state index >= 15 is 0 Å². The smallest absolute Gasteiger partial charge is 0.366 e. The van der Waals surface area contributed by atoms with E-state index in [1.165, 1.54) is 16.9 Å². The molecule has 0 unspecified atom stereocenters. The molecule has 0 fully saturated rings. The first-order valence-electron chi connectivity index (χ1n) is 8.44. The van der Waals surface area contributed by atoms with Crippen LogP contribution < -0.4 is 5.73 Å². The van der Waals surface area contributed by atoms with Crippen LogP contribution in [0.3, 0.4) is 0 Å². The molecule has 12 heteroatoms. The quantitative estimate of drug-likeness (QED) is 0.500. The highest BCUT2D eigenvalue weighted by Gasteiger charge is 2.28. The Morgan fingerprint density at radius 1 is 1.10 bits per heavy atom. The van der Waals surface area contributed by atoms with Crippen LogP contribution in [-0.2, 0) is 6.54 Å². The van der Waals surface area contributed by atoms with Gasteiger partial charge in [0, 0.05) is 17.3 Å². The van der Waals surface area contributed by atoms with Gasteiger partial charge in [0.15, 0.2) is 5.65 Å². The highest BCUT2D eigenvalue weighted by Crippen LogP contribution is 2.28. The van der Waals surface area contributed by atoms with Crippen molar-refractivity contribution in [3.05, 3.63) is 48.9 Å². The van der Waals surface area contributed by atoms with E-state index in [0.717, 1.165) is 10.2 Å². The number of anilines is 1. The van der Waals surface area contributed by atoms with E-state index in [1.54, 1.807) is 16.9 Å². The van der Waals surface area contributed by atoms with Crippen molar-refractivity contribution in [3.63, 3.8) is 0 Å². The zero-order chi connectivity index (χ0) is 20.2. The Labute approximate surface area is 160 Å². The molecule has 0 aliphatic heterocycles. The van der Waals surface area contributed by atoms with Crippen molar-refractivity contribution in [2.24, 2.45) is 0 Å². The van der Waals surface area contributed by atoms with E-state index in [-0.39, 0.29) is 5.95 Å². The van der Waals surface area contributed by atoms with Gasteiger partial charge in [-0.1, -0.05) is 17.3 Å². The van der Waals surface area contributed by atoms with Gasteiger partial charge in [-0.05, 0) is 18.2 Å². The number of nitrogens with zero attached hydrogens (tertiary/aromatic N) is 8. The number of halogens is 3. The van der Waals surface area contributed by atoms with Gasteiger partial charge in [0.1, 0.15) is 12.1 Å². The molecule has 9 nitrogen and oxygen atoms in total. The summed E-state index contributed by atoms with van der Waals surface area (Å²) < 4.78 is 41.9. The van der Waals surface area contributed by atoms with Crippen LogP contribution in [-0.4, -0.2) is 45.5 Å². The second-order valence-corrected chi connectivity index (χ2v) is 6.38. The predicted octanol–water partition coefficient (Wildman–Crippen LogP) is 2.47. The van der Waals surface area contributed by atoms with Gasteiger partial charge in [-0.25, -0.2) is 9.20 Å². The number of aromatic nitrogens is 8. The minimum absolute atomic E-state index is 0.0366. The molecule has 0 saturated heterocycles. The van der Waals surface area contributed by atoms with Gasteiger partial charge >= 0.3 is 6.18 Å². The van der Waals surface area contributed by atoms with Crippen molar-refractivity contribution in [2.75, 3.05) is 5.73 Å². The predicted molar refractivity (Wildman–Crippen MR) is 97.1 cm³/mol. The number of rotatable bonds is 3. The molecule has 1 aromatic carbocycles. The van der Waals surface area contributed by atoms with Crippen LogP contribution in [0.4, 0.5) is 19.1 Å². The highest BCUT2D eigenvalue weighted by molar-refractivity contribution is 5.81. The molecule has 146 valence electrons. The van der Waals surface area contributed by atoms with E-state index in [2.05, 4.69) is 25.5 Å². The van der Waals surface area contributed by atoms with Crippen LogP contribution in [0.15, 0.2) is 48.9 Å². The molecule has 0 amide bonds. The summed E-state index contributed by atoms with van der Waals surface area (Å²) in [7, 11) is 0. The maximum Gasteiger partial charge on any atom is 0.408 e. The summed E-state index contributed by atoms with van der Waals surface area (Å²) >= 11 is 0. The standard InChI is InChI=1S/C17H12F3N9/c18-17(19,20)9-27-7-10(6-22-27)12-5-11(8-28-15(12)23-16(21)25-28)29-14-4-2-1-3-13(14)24-26-29/h1-8H,9H2,(H2,21,25). The van der Waals surface area contributed by atoms with Gasteiger partial charge in [0.2, 0.25) is 5.95 Å². The summed E-state index contributed by atoms with van der Waals surface area (Å²) in [6, 6.07) is 9.13. The van der Waals surface area contributed by atoms with Crippen LogP contribution in [0.1, 0.15) is 0 Å². The first-order valence-corrected chi connectivity index (χ1v) is 8.44. The topological polar surface area (TPSA) is 105 Å². The summed E-state index contributed by atoms with van der Waals surface area (Å²) in [4.78, 5) is 4.18. The van der Waals surface area contributed by atoms with E-state index in [1.807, 2.05) is 24.3 Å². The van der Waals surface area contributed by atoms with E-state index in [9.17, 15) is 13.2 Å². The Hall–Kier alpha value is -3.96. The molecule has 0 saturated carbocycles. The van der Waals surface area contributed by atoms with Gasteiger partial charge in [0.25, 0.3) is 0 Å². The van der Waals surface area contributed by atoms with Crippen LogP contribution in [0.5, 0.6) is 0 Å². The van der Waals surface area contributed by atoms with Gasteiger partial charge in [-0.2, -0.15) is 23.3 Å². The zero-order valence-electron chi connectivity index (χ0n) is 14.6. The van der Waals surface area contributed by atoms with E-state index in [4.69, 9.17) is 5.73 Å². The fourth-order valence-corrected chi connectivity index (χ4v) is 3.15. The fraction of sp³-hybridized carbons (Fsp3) is 0.118. The number of hydrogen-bond acceptors (Lipinski definition) is 6. The lowest BCUT2D eigenvalue weighted by atomic mass is 10.1. The third-order valence-corrected chi connectivity index (χ3v) is 4.32. The number of nitrogen functional groups attached to an aromatic ring is 1. The van der Waals surface area contributed by atoms with Gasteiger partial charge in [-0.15, -0.1) is 10.2 Å². The van der Waals surface area contributed by atoms with Crippen LogP contribution in [0.2, 0.25) is 0 Å². The normalized spacial score (nSPS) is 12.2. The summed E-state index contributed by atoms with van der Waals surface area (Å²) in [6.45, 7) is -1.19. The molecule has 0 aliphatic carbocycles. The van der Waals surface area contributed by atoms with Crippen LogP contribution in [0.25, 0.3) is 33.5 Å². The number of alkyl halides is 3. The Morgan fingerprint density at radius 3 is 2.76 bits per heavy atom. The average Bonchev–Trinajstić information content (AvgIpc) is 3.36. The number of nitrogens with two attached hydrogens (primary N) is 1. The molecule has 29 heavy (non-hydrogen) atoms. The molecule has 2 N–H and O–H groups in total. The van der Waals surface area contributed by atoms with Crippen molar-refractivity contribution in [2.45, 2.75) is 12.7 Å². The van der Waals surface area contributed by atoms with Gasteiger partial charge in [-0.3, -0.25) is 4.68 Å². The molecular formula is C17H12F3N9. The lowest BCUT2D eigenvalue weighted by Crippen LogP contribution is -2.17. The maximum atomic E-state index is 12.7. The third-order valence-electron chi connectivity index (χ3n) is 4.32. The van der Waals surface area contributed by atoms with Crippen LogP contribution >= 0.6 is 0 Å². The number of fused-ring (bicyclic) bond motifs is 2. The Balaban J connectivity index is 1.69. The van der Waals surface area contributed by atoms with Crippen molar-refractivity contribution in [3.8, 4) is 16.8 Å². The molecule has 5 aromatic rings. The van der Waals surface area contributed by atoms with E-state index < -0.39 is 12.7 Å². The molecule has 0 radical (unpaired) electrons. The largest absolute Gasteiger partial charge is 0.408 e. The monoisotopic (exact) mass is 399 g/mol. The summed E-state index contributed by atoms with van der Waals surface area (Å²) in [5.74, 6) is 0.0366. The number of benzene rings is 1. The lowest BCUT2D eigenvalue weighted by molar-refractivity contribution is -0.142. The zero-order valence-corrected chi connectivity index (χ0v) is 14.6. The average molecular weight is 399 g/mol.